The first kappa shape index (κ1) is 22.6. The summed E-state index contributed by atoms with van der Waals surface area (Å²) in [5.74, 6) is 0.783. The number of fused-ring (bicyclic) bond motifs is 1. The van der Waals surface area contributed by atoms with Gasteiger partial charge in [-0.1, -0.05) is 58.0 Å². The fourth-order valence-corrected chi connectivity index (χ4v) is 8.82. The molecule has 2 aromatic carbocycles. The summed E-state index contributed by atoms with van der Waals surface area (Å²) in [5, 5.41) is 6.05. The van der Waals surface area contributed by atoms with Gasteiger partial charge in [0.25, 0.3) is 0 Å². The van der Waals surface area contributed by atoms with Crippen LogP contribution in [0.5, 0.6) is 5.75 Å². The Morgan fingerprint density at radius 1 is 1.03 bits per heavy atom. The largest absolute Gasteiger partial charge is 0.494 e. The van der Waals surface area contributed by atoms with E-state index >= 15 is 0 Å². The highest BCUT2D eigenvalue weighted by Gasteiger charge is 2.47. The Hall–Kier alpha value is -2.56. The van der Waals surface area contributed by atoms with Crippen LogP contribution in [0.25, 0.3) is 0 Å². The standard InChI is InChI=1S/C25H34N5OP/c1-8-30(9-2)32(27-20-15-11-13-17-22(20)31-7)23(18-26-29(32)6)24-25(3,4)19-14-10-12-16-21(19)28(24)5/h10-18H,8-9H2,1-7H3/b24-23+. The van der Waals surface area contributed by atoms with Gasteiger partial charge < -0.3 is 9.64 Å². The first-order chi connectivity index (χ1) is 15.3. The van der Waals surface area contributed by atoms with Crippen LogP contribution in [0, 0.1) is 0 Å². The van der Waals surface area contributed by atoms with Gasteiger partial charge in [-0.05, 0) is 23.8 Å². The summed E-state index contributed by atoms with van der Waals surface area (Å²) in [5.41, 5.74) is 4.56. The average molecular weight is 452 g/mol. The average Bonchev–Trinajstić information content (AvgIpc) is 3.21. The molecular weight excluding hydrogens is 417 g/mol. The van der Waals surface area contributed by atoms with E-state index in [9.17, 15) is 0 Å². The maximum absolute atomic E-state index is 5.68. The molecule has 1 unspecified atom stereocenters. The molecule has 2 aromatic rings. The first-order valence-corrected chi connectivity index (χ1v) is 12.8. The number of allylic oxidation sites excluding steroid dienone is 2. The Balaban J connectivity index is 2.08. The molecule has 6 nitrogen and oxygen atoms in total. The summed E-state index contributed by atoms with van der Waals surface area (Å²) in [7, 11) is 3.54. The first-order valence-electron chi connectivity index (χ1n) is 11.2. The minimum atomic E-state index is -2.39. The van der Waals surface area contributed by atoms with Crippen molar-refractivity contribution < 1.29 is 4.74 Å². The Morgan fingerprint density at radius 2 is 1.69 bits per heavy atom. The van der Waals surface area contributed by atoms with Crippen molar-refractivity contribution in [1.82, 2.24) is 9.45 Å². The predicted molar refractivity (Wildman–Crippen MR) is 136 cm³/mol. The SMILES string of the molecule is CCN(CC)P1(=Nc2ccccc2OC)/C(=C2/N(C)c3ccccc3C2(C)C)C=NN1C. The molecule has 7 heteroatoms. The Labute approximate surface area is 192 Å². The van der Waals surface area contributed by atoms with Crippen molar-refractivity contribution in [3.8, 4) is 5.75 Å². The number of methoxy groups -OCH3 is 1. The van der Waals surface area contributed by atoms with Gasteiger partial charge in [0, 0.05) is 44.0 Å². The van der Waals surface area contributed by atoms with Crippen molar-refractivity contribution in [1.29, 1.82) is 0 Å². The van der Waals surface area contributed by atoms with Crippen LogP contribution in [-0.4, -0.2) is 50.0 Å². The smallest absolute Gasteiger partial charge is 0.174 e. The lowest BCUT2D eigenvalue weighted by atomic mass is 9.84. The fourth-order valence-electron chi connectivity index (χ4n) is 5.10. The number of hydrogen-bond acceptors (Lipinski definition) is 4. The number of hydrazone groups is 1. The van der Waals surface area contributed by atoms with Crippen LogP contribution in [0.15, 0.2) is 69.4 Å². The molecule has 0 bridgehead atoms. The van der Waals surface area contributed by atoms with Gasteiger partial charge in [0.2, 0.25) is 0 Å². The second kappa shape index (κ2) is 8.42. The zero-order chi connectivity index (χ0) is 23.1. The van der Waals surface area contributed by atoms with E-state index in [-0.39, 0.29) is 5.41 Å². The van der Waals surface area contributed by atoms with Crippen LogP contribution in [0.4, 0.5) is 11.4 Å². The van der Waals surface area contributed by atoms with Crippen LogP contribution < -0.4 is 9.64 Å². The van der Waals surface area contributed by atoms with E-state index < -0.39 is 7.36 Å². The predicted octanol–water partition coefficient (Wildman–Crippen LogP) is 6.27. The topological polar surface area (TPSA) is 43.7 Å². The molecule has 2 heterocycles. The normalized spacial score (nSPS) is 23.8. The van der Waals surface area contributed by atoms with Gasteiger partial charge in [-0.15, -0.1) is 0 Å². The molecule has 4 rings (SSSR count). The quantitative estimate of drug-likeness (QED) is 0.503. The third kappa shape index (κ3) is 3.20. The van der Waals surface area contributed by atoms with E-state index in [4.69, 9.17) is 14.6 Å². The molecule has 2 aliphatic rings. The van der Waals surface area contributed by atoms with E-state index in [0.29, 0.717) is 0 Å². The molecule has 1 atom stereocenters. The summed E-state index contributed by atoms with van der Waals surface area (Å²) < 4.78 is 15.7. The second-order valence-corrected chi connectivity index (χ2v) is 11.6. The van der Waals surface area contributed by atoms with Crippen molar-refractivity contribution in [2.24, 2.45) is 9.85 Å². The summed E-state index contributed by atoms with van der Waals surface area (Å²) >= 11 is 0. The zero-order valence-electron chi connectivity index (χ0n) is 20.2. The van der Waals surface area contributed by atoms with Crippen molar-refractivity contribution in [2.45, 2.75) is 33.1 Å². The third-order valence-corrected chi connectivity index (χ3v) is 10.4. The highest BCUT2D eigenvalue weighted by atomic mass is 31.2. The summed E-state index contributed by atoms with van der Waals surface area (Å²) in [6.07, 6.45) is 2.05. The Kier molecular flexibility index (Phi) is 5.95. The van der Waals surface area contributed by atoms with Crippen LogP contribution in [0.3, 0.4) is 0 Å². The van der Waals surface area contributed by atoms with Gasteiger partial charge in [-0.3, -0.25) is 0 Å². The summed E-state index contributed by atoms with van der Waals surface area (Å²) in [4.78, 5) is 2.34. The van der Waals surface area contributed by atoms with Gasteiger partial charge in [0.1, 0.15) is 11.4 Å². The van der Waals surface area contributed by atoms with Crippen LogP contribution in [0.1, 0.15) is 33.3 Å². The van der Waals surface area contributed by atoms with Gasteiger partial charge in [-0.25, -0.2) is 14.2 Å². The minimum Gasteiger partial charge on any atom is -0.494 e. The summed E-state index contributed by atoms with van der Waals surface area (Å²) in [6.45, 7) is 10.8. The van der Waals surface area contributed by atoms with Crippen molar-refractivity contribution >= 4 is 24.9 Å². The third-order valence-electron chi connectivity index (χ3n) is 6.64. The number of para-hydroxylation sites is 2. The van der Waals surface area contributed by atoms with Gasteiger partial charge in [-0.2, -0.15) is 5.10 Å². The second-order valence-electron chi connectivity index (χ2n) is 8.65. The van der Waals surface area contributed by atoms with Gasteiger partial charge >= 0.3 is 0 Å². The monoisotopic (exact) mass is 451 g/mol. The van der Waals surface area contributed by atoms with E-state index in [1.54, 1.807) is 7.11 Å². The molecule has 170 valence electrons. The number of rotatable bonds is 5. The maximum Gasteiger partial charge on any atom is 0.174 e. The summed E-state index contributed by atoms with van der Waals surface area (Å²) in [6, 6.07) is 16.7. The molecule has 0 fully saturated rings. The molecule has 32 heavy (non-hydrogen) atoms. The number of likely N-dealkylation sites (N-methyl/N-ethyl adjacent to an activating group) is 1. The molecule has 0 saturated heterocycles. The molecule has 0 radical (unpaired) electrons. The number of anilines is 1. The molecule has 0 aromatic heterocycles. The van der Waals surface area contributed by atoms with E-state index in [1.165, 1.54) is 22.3 Å². The lowest BCUT2D eigenvalue weighted by Crippen LogP contribution is -2.30. The van der Waals surface area contributed by atoms with Crippen molar-refractivity contribution in [2.75, 3.05) is 39.2 Å². The van der Waals surface area contributed by atoms with Crippen molar-refractivity contribution in [3.05, 3.63) is 65.1 Å². The van der Waals surface area contributed by atoms with Crippen molar-refractivity contribution in [3.63, 3.8) is 0 Å². The molecule has 0 saturated carbocycles. The molecule has 2 aliphatic heterocycles. The number of nitrogens with zero attached hydrogens (tertiary/aromatic N) is 5. The lowest BCUT2D eigenvalue weighted by molar-refractivity contribution is 0.415. The highest BCUT2D eigenvalue weighted by Crippen LogP contribution is 2.69. The number of ether oxygens (including phenoxy) is 1. The minimum absolute atomic E-state index is 0.160. The molecule has 0 N–H and O–H groups in total. The van der Waals surface area contributed by atoms with Gasteiger partial charge in [0.05, 0.1) is 18.6 Å². The molecule has 0 aliphatic carbocycles. The zero-order valence-corrected chi connectivity index (χ0v) is 21.1. The van der Waals surface area contributed by atoms with E-state index in [1.807, 2.05) is 30.5 Å². The van der Waals surface area contributed by atoms with E-state index in [2.05, 4.69) is 80.4 Å². The van der Waals surface area contributed by atoms with E-state index in [0.717, 1.165) is 24.5 Å². The lowest BCUT2D eigenvalue weighted by Gasteiger charge is -2.39. The molecule has 0 amide bonds. The molecule has 0 spiro atoms. The van der Waals surface area contributed by atoms with Crippen LogP contribution in [0.2, 0.25) is 0 Å². The Morgan fingerprint density at radius 3 is 2.34 bits per heavy atom. The van der Waals surface area contributed by atoms with Crippen LogP contribution >= 0.6 is 7.36 Å². The maximum atomic E-state index is 5.68. The highest BCUT2D eigenvalue weighted by molar-refractivity contribution is 7.67. The molecular formula is C25H34N5OP. The Bertz CT molecular complexity index is 1130. The van der Waals surface area contributed by atoms with Gasteiger partial charge in [0.15, 0.2) is 7.36 Å². The van der Waals surface area contributed by atoms with Crippen LogP contribution in [-0.2, 0) is 5.41 Å². The fraction of sp³-hybridized carbons (Fsp3) is 0.400. The number of hydrogen-bond donors (Lipinski definition) is 0. The number of benzene rings is 2.